The van der Waals surface area contributed by atoms with Crippen LogP contribution < -0.4 is 11.2 Å². The Morgan fingerprint density at radius 3 is 2.67 bits per heavy atom. The van der Waals surface area contributed by atoms with Crippen LogP contribution >= 0.6 is 12.4 Å². The normalized spacial score (nSPS) is 17.2. The molecule has 0 radical (unpaired) electrons. The Hall–Kier alpha value is -2.18. The molecule has 1 fully saturated rings. The Labute approximate surface area is 146 Å². The fourth-order valence-corrected chi connectivity index (χ4v) is 2.87. The molecule has 1 saturated heterocycles. The van der Waals surface area contributed by atoms with Gasteiger partial charge < -0.3 is 10.6 Å². The number of carbonyl (C=O) groups is 1. The van der Waals surface area contributed by atoms with E-state index in [1.807, 2.05) is 30.3 Å². The molecule has 2 heterocycles. The lowest BCUT2D eigenvalue weighted by Crippen LogP contribution is -2.47. The summed E-state index contributed by atoms with van der Waals surface area (Å²) in [5, 5.41) is 4.31. The Bertz CT molecular complexity index is 776. The first kappa shape index (κ1) is 18.2. The molecule has 3 rings (SSSR count). The zero-order chi connectivity index (χ0) is 16.4. The number of benzene rings is 1. The number of likely N-dealkylation sites (tertiary alicyclic amines) is 1. The smallest absolute Gasteiger partial charge is 0.278 e. The molecule has 0 spiro atoms. The van der Waals surface area contributed by atoms with Crippen LogP contribution in [0.2, 0.25) is 0 Å². The first-order valence-electron chi connectivity index (χ1n) is 7.77. The fraction of sp³-hybridized carbons (Fsp3) is 0.353. The summed E-state index contributed by atoms with van der Waals surface area (Å²) in [6.45, 7) is 2.89. The number of amides is 1. The number of halogens is 1. The van der Waals surface area contributed by atoms with E-state index in [1.165, 1.54) is 6.07 Å². The number of piperidine rings is 1. The van der Waals surface area contributed by atoms with Gasteiger partial charge in [-0.3, -0.25) is 9.59 Å². The van der Waals surface area contributed by atoms with Crippen LogP contribution in [-0.2, 0) is 0 Å². The number of rotatable bonds is 2. The Balaban J connectivity index is 0.00000208. The van der Waals surface area contributed by atoms with Crippen LogP contribution in [0.15, 0.2) is 41.2 Å². The summed E-state index contributed by atoms with van der Waals surface area (Å²) in [7, 11) is 0. The Morgan fingerprint density at radius 2 is 2.00 bits per heavy atom. The molecule has 128 valence electrons. The highest BCUT2D eigenvalue weighted by Crippen LogP contribution is 2.12. The van der Waals surface area contributed by atoms with Crippen molar-refractivity contribution in [3.8, 4) is 5.69 Å². The molecule has 1 aromatic carbocycles. The van der Waals surface area contributed by atoms with Crippen molar-refractivity contribution in [1.82, 2.24) is 14.7 Å². The number of aryl methyl sites for hydroxylation is 1. The van der Waals surface area contributed by atoms with Crippen LogP contribution in [0.4, 0.5) is 0 Å². The van der Waals surface area contributed by atoms with Crippen molar-refractivity contribution in [3.05, 3.63) is 58.0 Å². The maximum atomic E-state index is 12.7. The van der Waals surface area contributed by atoms with E-state index in [1.54, 1.807) is 16.5 Å². The van der Waals surface area contributed by atoms with Crippen LogP contribution in [-0.4, -0.2) is 39.7 Å². The molecule has 24 heavy (non-hydrogen) atoms. The second-order valence-corrected chi connectivity index (χ2v) is 5.90. The van der Waals surface area contributed by atoms with Crippen LogP contribution in [0.1, 0.15) is 29.0 Å². The van der Waals surface area contributed by atoms with Gasteiger partial charge in [0.1, 0.15) is 0 Å². The third-order valence-corrected chi connectivity index (χ3v) is 4.06. The summed E-state index contributed by atoms with van der Waals surface area (Å²) < 4.78 is 1.62. The van der Waals surface area contributed by atoms with Crippen molar-refractivity contribution in [1.29, 1.82) is 0 Å². The summed E-state index contributed by atoms with van der Waals surface area (Å²) in [4.78, 5) is 26.5. The Kier molecular flexibility index (Phi) is 5.75. The number of hydrogen-bond acceptors (Lipinski definition) is 4. The minimum atomic E-state index is -0.348. The van der Waals surface area contributed by atoms with E-state index < -0.39 is 0 Å². The molecular weight excluding hydrogens is 328 g/mol. The molecular formula is C17H21ClN4O2. The van der Waals surface area contributed by atoms with Gasteiger partial charge in [0.15, 0.2) is 5.69 Å². The van der Waals surface area contributed by atoms with Gasteiger partial charge in [0.25, 0.3) is 5.91 Å². The highest BCUT2D eigenvalue weighted by Gasteiger charge is 2.25. The molecule has 0 saturated carbocycles. The maximum absolute atomic E-state index is 12.7. The summed E-state index contributed by atoms with van der Waals surface area (Å²) in [6.07, 6.45) is 1.75. The van der Waals surface area contributed by atoms with E-state index in [0.717, 1.165) is 18.5 Å². The minimum absolute atomic E-state index is 0. The summed E-state index contributed by atoms with van der Waals surface area (Å²) >= 11 is 0. The fourth-order valence-electron chi connectivity index (χ4n) is 2.87. The average molecular weight is 349 g/mol. The van der Waals surface area contributed by atoms with Gasteiger partial charge in [-0.25, -0.2) is 4.68 Å². The van der Waals surface area contributed by atoms with Crippen molar-refractivity contribution < 1.29 is 4.79 Å². The van der Waals surface area contributed by atoms with Crippen molar-refractivity contribution in [3.63, 3.8) is 0 Å². The van der Waals surface area contributed by atoms with E-state index in [-0.39, 0.29) is 35.5 Å². The van der Waals surface area contributed by atoms with Crippen LogP contribution in [0, 0.1) is 6.92 Å². The van der Waals surface area contributed by atoms with Gasteiger partial charge >= 0.3 is 0 Å². The van der Waals surface area contributed by atoms with E-state index in [2.05, 4.69) is 5.10 Å². The lowest BCUT2D eigenvalue weighted by atomic mass is 10.1. The monoisotopic (exact) mass is 348 g/mol. The molecule has 0 bridgehead atoms. The van der Waals surface area contributed by atoms with E-state index in [9.17, 15) is 9.59 Å². The number of para-hydroxylation sites is 1. The molecule has 1 aliphatic rings. The first-order chi connectivity index (χ1) is 11.1. The molecule has 1 amide bonds. The number of nitrogens with two attached hydrogens (primary N) is 1. The van der Waals surface area contributed by atoms with E-state index in [0.29, 0.717) is 18.8 Å². The maximum Gasteiger partial charge on any atom is 0.278 e. The van der Waals surface area contributed by atoms with Crippen molar-refractivity contribution in [2.24, 2.45) is 5.73 Å². The summed E-state index contributed by atoms with van der Waals surface area (Å²) in [5.41, 5.74) is 7.03. The topological polar surface area (TPSA) is 81.2 Å². The molecule has 0 aliphatic carbocycles. The largest absolute Gasteiger partial charge is 0.336 e. The number of nitrogens with zero attached hydrogens (tertiary/aromatic N) is 3. The SMILES string of the molecule is Cc1cc(=O)c(C(=O)N2CCCC(N)C2)nn1-c1ccccc1.Cl. The molecule has 1 aromatic heterocycles. The molecule has 2 aromatic rings. The standard InChI is InChI=1S/C17H20N4O2.ClH/c1-12-10-15(22)16(17(23)20-9-5-6-13(18)11-20)19-21(12)14-7-3-2-4-8-14;/h2-4,7-8,10,13H,5-6,9,11,18H2,1H3;1H. The highest BCUT2D eigenvalue weighted by molar-refractivity contribution is 5.92. The van der Waals surface area contributed by atoms with Gasteiger partial charge in [0.05, 0.1) is 5.69 Å². The predicted molar refractivity (Wildman–Crippen MR) is 94.9 cm³/mol. The molecule has 1 aliphatic heterocycles. The summed E-state index contributed by atoms with van der Waals surface area (Å²) in [6, 6.07) is 10.9. The predicted octanol–water partition coefficient (Wildman–Crippen LogP) is 1.53. The number of aromatic nitrogens is 2. The molecule has 1 atom stereocenters. The van der Waals surface area contributed by atoms with Crippen molar-refractivity contribution in [2.75, 3.05) is 13.1 Å². The van der Waals surface area contributed by atoms with Gasteiger partial charge in [0, 0.05) is 30.9 Å². The molecule has 7 heteroatoms. The number of carbonyl (C=O) groups excluding carboxylic acids is 1. The van der Waals surface area contributed by atoms with Gasteiger partial charge in [-0.1, -0.05) is 18.2 Å². The first-order valence-corrected chi connectivity index (χ1v) is 7.77. The third kappa shape index (κ3) is 3.66. The second kappa shape index (κ2) is 7.59. The lowest BCUT2D eigenvalue weighted by Gasteiger charge is -2.30. The van der Waals surface area contributed by atoms with Gasteiger partial charge in [-0.05, 0) is 31.9 Å². The van der Waals surface area contributed by atoms with Crippen LogP contribution in [0.25, 0.3) is 5.69 Å². The minimum Gasteiger partial charge on any atom is -0.336 e. The van der Waals surface area contributed by atoms with Crippen molar-refractivity contribution in [2.45, 2.75) is 25.8 Å². The molecule has 6 nitrogen and oxygen atoms in total. The van der Waals surface area contributed by atoms with Crippen molar-refractivity contribution >= 4 is 18.3 Å². The zero-order valence-electron chi connectivity index (χ0n) is 13.5. The van der Waals surface area contributed by atoms with E-state index in [4.69, 9.17) is 5.73 Å². The van der Waals surface area contributed by atoms with Crippen LogP contribution in [0.5, 0.6) is 0 Å². The van der Waals surface area contributed by atoms with Gasteiger partial charge in [-0.15, -0.1) is 12.4 Å². The third-order valence-electron chi connectivity index (χ3n) is 4.06. The van der Waals surface area contributed by atoms with Crippen LogP contribution in [0.3, 0.4) is 0 Å². The summed E-state index contributed by atoms with van der Waals surface area (Å²) in [5.74, 6) is -0.338. The number of hydrogen-bond donors (Lipinski definition) is 1. The highest BCUT2D eigenvalue weighted by atomic mass is 35.5. The lowest BCUT2D eigenvalue weighted by molar-refractivity contribution is 0.0699. The van der Waals surface area contributed by atoms with E-state index >= 15 is 0 Å². The Morgan fingerprint density at radius 1 is 1.29 bits per heavy atom. The zero-order valence-corrected chi connectivity index (χ0v) is 14.3. The second-order valence-electron chi connectivity index (χ2n) is 5.90. The molecule has 1 unspecified atom stereocenters. The quantitative estimate of drug-likeness (QED) is 0.892. The molecule has 2 N–H and O–H groups in total. The average Bonchev–Trinajstić information content (AvgIpc) is 2.55. The van der Waals surface area contributed by atoms with Gasteiger partial charge in [0.2, 0.25) is 5.43 Å². The van der Waals surface area contributed by atoms with Gasteiger partial charge in [-0.2, -0.15) is 5.10 Å².